The Kier molecular flexibility index (Phi) is 4.71. The maximum absolute atomic E-state index is 11.8. The third-order valence-corrected chi connectivity index (χ3v) is 1.39. The molecule has 0 spiro atoms. The van der Waals surface area contributed by atoms with Gasteiger partial charge in [-0.15, -0.1) is 0 Å². The van der Waals surface area contributed by atoms with Gasteiger partial charge in [-0.25, -0.2) is 0 Å². The maximum atomic E-state index is 11.8. The molecule has 0 bridgehead atoms. The van der Waals surface area contributed by atoms with Crippen LogP contribution in [0.2, 0.25) is 0 Å². The molecular weight excluding hydrogens is 165 g/mol. The predicted octanol–water partition coefficient (Wildman–Crippen LogP) is 3.71. The highest BCUT2D eigenvalue weighted by Gasteiger charge is 2.29. The lowest BCUT2D eigenvalue weighted by molar-refractivity contribution is -0.142. The Balaban J connectivity index is 3.66. The van der Waals surface area contributed by atoms with Gasteiger partial charge < -0.3 is 0 Å². The van der Waals surface area contributed by atoms with E-state index in [1.807, 2.05) is 0 Å². The van der Waals surface area contributed by atoms with Crippen LogP contribution in [0.25, 0.3) is 0 Å². The minimum absolute atomic E-state index is 0.346. The second-order valence-corrected chi connectivity index (χ2v) is 2.82. The molecular formula is C9H13F3. The van der Waals surface area contributed by atoms with Crippen molar-refractivity contribution in [2.75, 3.05) is 0 Å². The summed E-state index contributed by atoms with van der Waals surface area (Å²) in [5.41, 5.74) is 0. The van der Waals surface area contributed by atoms with Crippen LogP contribution < -0.4 is 0 Å². The fourth-order valence-corrected chi connectivity index (χ4v) is 0.886. The summed E-state index contributed by atoms with van der Waals surface area (Å²) < 4.78 is 35.3. The Bertz CT molecular complexity index is 156. The molecule has 1 atom stereocenters. The van der Waals surface area contributed by atoms with Gasteiger partial charge in [0, 0.05) is 6.42 Å². The van der Waals surface area contributed by atoms with Crippen LogP contribution in [0.3, 0.4) is 0 Å². The standard InChI is InChI=1S/C9H13F3/c1-3-4-5-6-8(2)7-9(10,11)12/h3-5,8H,1,6-7H2,2H3/b5-4-/t8-/m0/s1. The van der Waals surface area contributed by atoms with E-state index in [9.17, 15) is 13.2 Å². The van der Waals surface area contributed by atoms with Crippen molar-refractivity contribution in [3.05, 3.63) is 24.8 Å². The van der Waals surface area contributed by atoms with E-state index in [0.717, 1.165) is 0 Å². The summed E-state index contributed by atoms with van der Waals surface area (Å²) in [4.78, 5) is 0. The van der Waals surface area contributed by atoms with Gasteiger partial charge in [0.25, 0.3) is 0 Å². The molecule has 0 aromatic carbocycles. The average Bonchev–Trinajstić information content (AvgIpc) is 1.84. The highest BCUT2D eigenvalue weighted by molar-refractivity contribution is 4.97. The second-order valence-electron chi connectivity index (χ2n) is 2.82. The van der Waals surface area contributed by atoms with Crippen molar-refractivity contribution in [2.24, 2.45) is 5.92 Å². The summed E-state index contributed by atoms with van der Waals surface area (Å²) in [7, 11) is 0. The zero-order valence-corrected chi connectivity index (χ0v) is 7.06. The van der Waals surface area contributed by atoms with Crippen molar-refractivity contribution < 1.29 is 13.2 Å². The molecule has 0 radical (unpaired) electrons. The van der Waals surface area contributed by atoms with Gasteiger partial charge in [0.2, 0.25) is 0 Å². The molecule has 70 valence electrons. The van der Waals surface area contributed by atoms with Crippen LogP contribution in [0.1, 0.15) is 19.8 Å². The average molecular weight is 178 g/mol. The Morgan fingerprint density at radius 1 is 1.42 bits per heavy atom. The van der Waals surface area contributed by atoms with Gasteiger partial charge in [-0.2, -0.15) is 13.2 Å². The second kappa shape index (κ2) is 5.01. The Morgan fingerprint density at radius 2 is 2.00 bits per heavy atom. The summed E-state index contributed by atoms with van der Waals surface area (Å²) in [5, 5.41) is 0. The molecule has 0 N–H and O–H groups in total. The minimum atomic E-state index is -4.04. The molecule has 0 amide bonds. The molecule has 0 aliphatic heterocycles. The Hall–Kier alpha value is -0.730. The van der Waals surface area contributed by atoms with Crippen molar-refractivity contribution in [1.29, 1.82) is 0 Å². The topological polar surface area (TPSA) is 0 Å². The molecule has 0 nitrogen and oxygen atoms in total. The van der Waals surface area contributed by atoms with Crippen molar-refractivity contribution in [3.8, 4) is 0 Å². The molecule has 0 heterocycles. The molecule has 12 heavy (non-hydrogen) atoms. The van der Waals surface area contributed by atoms with Crippen LogP contribution in [0.5, 0.6) is 0 Å². The first-order valence-electron chi connectivity index (χ1n) is 3.80. The fourth-order valence-electron chi connectivity index (χ4n) is 0.886. The van der Waals surface area contributed by atoms with E-state index in [0.29, 0.717) is 6.42 Å². The first kappa shape index (κ1) is 11.3. The number of allylic oxidation sites excluding steroid dienone is 3. The van der Waals surface area contributed by atoms with E-state index in [2.05, 4.69) is 6.58 Å². The summed E-state index contributed by atoms with van der Waals surface area (Å²) in [6.07, 6.45) is 0.609. The van der Waals surface area contributed by atoms with Crippen LogP contribution in [-0.2, 0) is 0 Å². The van der Waals surface area contributed by atoms with Crippen LogP contribution in [0.4, 0.5) is 13.2 Å². The zero-order valence-electron chi connectivity index (χ0n) is 7.06. The number of halogens is 3. The van der Waals surface area contributed by atoms with E-state index in [1.165, 1.54) is 0 Å². The van der Waals surface area contributed by atoms with E-state index < -0.39 is 12.6 Å². The molecule has 0 saturated heterocycles. The van der Waals surface area contributed by atoms with Crippen LogP contribution >= 0.6 is 0 Å². The van der Waals surface area contributed by atoms with Gasteiger partial charge >= 0.3 is 6.18 Å². The summed E-state index contributed by atoms with van der Waals surface area (Å²) in [6.45, 7) is 5.01. The van der Waals surface area contributed by atoms with Crippen molar-refractivity contribution >= 4 is 0 Å². The molecule has 0 aliphatic rings. The quantitative estimate of drug-likeness (QED) is 0.576. The van der Waals surface area contributed by atoms with Crippen LogP contribution in [0.15, 0.2) is 24.8 Å². The van der Waals surface area contributed by atoms with E-state index in [1.54, 1.807) is 25.2 Å². The first-order chi connectivity index (χ1) is 5.45. The number of rotatable bonds is 4. The number of alkyl halides is 3. The van der Waals surface area contributed by atoms with Gasteiger partial charge in [0.15, 0.2) is 0 Å². The summed E-state index contributed by atoms with van der Waals surface area (Å²) in [6, 6.07) is 0. The summed E-state index contributed by atoms with van der Waals surface area (Å²) in [5.74, 6) is -0.346. The molecule has 3 heteroatoms. The highest BCUT2D eigenvalue weighted by atomic mass is 19.4. The van der Waals surface area contributed by atoms with Crippen molar-refractivity contribution in [1.82, 2.24) is 0 Å². The van der Waals surface area contributed by atoms with E-state index in [-0.39, 0.29) is 5.92 Å². The molecule has 0 unspecified atom stereocenters. The zero-order chi connectivity index (χ0) is 9.61. The molecule has 0 rings (SSSR count). The van der Waals surface area contributed by atoms with Gasteiger partial charge in [-0.05, 0) is 12.3 Å². The monoisotopic (exact) mass is 178 g/mol. The Labute approximate surface area is 70.8 Å². The molecule has 0 saturated carbocycles. The van der Waals surface area contributed by atoms with Crippen LogP contribution in [-0.4, -0.2) is 6.18 Å². The first-order valence-corrected chi connectivity index (χ1v) is 3.80. The minimum Gasteiger partial charge on any atom is -0.171 e. The lowest BCUT2D eigenvalue weighted by Crippen LogP contribution is -2.12. The van der Waals surface area contributed by atoms with Crippen molar-refractivity contribution in [3.63, 3.8) is 0 Å². The number of hydrogen-bond acceptors (Lipinski definition) is 0. The third-order valence-electron chi connectivity index (χ3n) is 1.39. The van der Waals surface area contributed by atoms with Gasteiger partial charge in [-0.3, -0.25) is 0 Å². The molecule has 0 aromatic rings. The third kappa shape index (κ3) is 7.38. The summed E-state index contributed by atoms with van der Waals surface area (Å²) >= 11 is 0. The SMILES string of the molecule is C=C/C=C\C[C@H](C)CC(F)(F)F. The van der Waals surface area contributed by atoms with Gasteiger partial charge in [-0.1, -0.05) is 31.7 Å². The highest BCUT2D eigenvalue weighted by Crippen LogP contribution is 2.26. The van der Waals surface area contributed by atoms with Crippen molar-refractivity contribution in [2.45, 2.75) is 25.9 Å². The van der Waals surface area contributed by atoms with E-state index in [4.69, 9.17) is 0 Å². The molecule has 0 aliphatic carbocycles. The lowest BCUT2D eigenvalue weighted by Gasteiger charge is -2.11. The van der Waals surface area contributed by atoms with Gasteiger partial charge in [0.1, 0.15) is 0 Å². The maximum Gasteiger partial charge on any atom is 0.389 e. The van der Waals surface area contributed by atoms with Crippen LogP contribution in [0, 0.1) is 5.92 Å². The molecule has 0 fully saturated rings. The fraction of sp³-hybridized carbons (Fsp3) is 0.556. The van der Waals surface area contributed by atoms with Gasteiger partial charge in [0.05, 0.1) is 0 Å². The lowest BCUT2D eigenvalue weighted by atomic mass is 10.0. The predicted molar refractivity (Wildman–Crippen MR) is 43.8 cm³/mol. The number of hydrogen-bond donors (Lipinski definition) is 0. The smallest absolute Gasteiger partial charge is 0.171 e. The molecule has 0 aromatic heterocycles. The normalized spacial score (nSPS) is 15.0. The largest absolute Gasteiger partial charge is 0.389 e. The van der Waals surface area contributed by atoms with E-state index >= 15 is 0 Å². The Morgan fingerprint density at radius 3 is 2.42 bits per heavy atom.